The van der Waals surface area contributed by atoms with E-state index < -0.39 is 0 Å². The van der Waals surface area contributed by atoms with Crippen LogP contribution < -0.4 is 10.9 Å². The molecule has 28 heavy (non-hydrogen) atoms. The molecule has 8 nitrogen and oxygen atoms in total. The maximum Gasteiger partial charge on any atom is 0.282 e. The minimum atomic E-state index is -0.236. The van der Waals surface area contributed by atoms with Crippen LogP contribution in [0.2, 0.25) is 0 Å². The van der Waals surface area contributed by atoms with E-state index in [0.717, 1.165) is 32.8 Å². The number of hydrogen-bond acceptors (Lipinski definition) is 5. The topological polar surface area (TPSA) is 81.4 Å². The number of aromatic nitrogens is 3. The number of pyridine rings is 1. The second kappa shape index (κ2) is 7.95. The molecule has 0 spiro atoms. The minimum Gasteiger partial charge on any atom is -0.379 e. The van der Waals surface area contributed by atoms with Crippen molar-refractivity contribution in [3.63, 3.8) is 0 Å². The highest BCUT2D eigenvalue weighted by molar-refractivity contribution is 5.99. The Balaban J connectivity index is 1.58. The third-order valence-electron chi connectivity index (χ3n) is 4.86. The number of carbonyl (C=O) groups is 1. The molecule has 1 aromatic rings. The molecule has 146 valence electrons. The second-order valence-electron chi connectivity index (χ2n) is 6.86. The summed E-state index contributed by atoms with van der Waals surface area (Å²) < 4.78 is 8.40. The number of hydrogen-bond donors (Lipinski definition) is 1. The van der Waals surface area contributed by atoms with Gasteiger partial charge in [0, 0.05) is 45.6 Å². The largest absolute Gasteiger partial charge is 0.379 e. The van der Waals surface area contributed by atoms with E-state index in [9.17, 15) is 9.59 Å². The molecule has 1 saturated heterocycles. The molecule has 8 heteroatoms. The van der Waals surface area contributed by atoms with Crippen molar-refractivity contribution in [2.24, 2.45) is 7.05 Å². The van der Waals surface area contributed by atoms with Crippen LogP contribution in [0, 0.1) is 0 Å². The predicted octanol–water partition coefficient (Wildman–Crippen LogP) is 0.738. The van der Waals surface area contributed by atoms with E-state index in [1.807, 2.05) is 30.3 Å². The molecule has 3 aliphatic heterocycles. The van der Waals surface area contributed by atoms with Crippen LogP contribution >= 0.6 is 0 Å². The van der Waals surface area contributed by atoms with Gasteiger partial charge in [0.05, 0.1) is 30.0 Å². The van der Waals surface area contributed by atoms with Gasteiger partial charge in [-0.1, -0.05) is 18.2 Å². The summed E-state index contributed by atoms with van der Waals surface area (Å²) in [5.41, 5.74) is 1.67. The second-order valence-corrected chi connectivity index (χ2v) is 6.86. The third-order valence-corrected chi connectivity index (χ3v) is 4.86. The van der Waals surface area contributed by atoms with E-state index in [1.165, 1.54) is 4.68 Å². The SMILES string of the molecule is Cn1cc(C(=O)NCCN2CCOCC2)c2nn(-c3ccccc3)c(=O)c-2c1. The van der Waals surface area contributed by atoms with Gasteiger partial charge in [-0.15, -0.1) is 0 Å². The number of carbonyl (C=O) groups excluding carboxylic acids is 1. The number of nitrogens with one attached hydrogen (secondary N) is 1. The van der Waals surface area contributed by atoms with Gasteiger partial charge in [0.25, 0.3) is 11.5 Å². The van der Waals surface area contributed by atoms with E-state index in [-0.39, 0.29) is 11.5 Å². The summed E-state index contributed by atoms with van der Waals surface area (Å²) in [7, 11) is 1.79. The maximum absolute atomic E-state index is 12.8. The zero-order chi connectivity index (χ0) is 19.5. The molecule has 1 N–H and O–H groups in total. The Bertz CT molecular complexity index is 989. The lowest BCUT2D eigenvalue weighted by Crippen LogP contribution is -2.41. The molecular formula is C20H23N5O3. The monoisotopic (exact) mass is 381 g/mol. The summed E-state index contributed by atoms with van der Waals surface area (Å²) in [4.78, 5) is 27.9. The first-order valence-corrected chi connectivity index (χ1v) is 9.36. The van der Waals surface area contributed by atoms with Gasteiger partial charge in [-0.3, -0.25) is 14.5 Å². The predicted molar refractivity (Wildman–Crippen MR) is 105 cm³/mol. The van der Waals surface area contributed by atoms with Gasteiger partial charge in [0.2, 0.25) is 0 Å². The number of rotatable bonds is 5. The average molecular weight is 381 g/mol. The minimum absolute atomic E-state index is 0.229. The van der Waals surface area contributed by atoms with Crippen LogP contribution in [0.4, 0.5) is 0 Å². The number of para-hydroxylation sites is 1. The summed E-state index contributed by atoms with van der Waals surface area (Å²) >= 11 is 0. The summed E-state index contributed by atoms with van der Waals surface area (Å²) in [5, 5.41) is 7.39. The number of amides is 1. The van der Waals surface area contributed by atoms with E-state index in [1.54, 1.807) is 24.0 Å². The van der Waals surface area contributed by atoms with E-state index in [0.29, 0.717) is 29.1 Å². The Hall–Kier alpha value is -2.97. The molecule has 0 aromatic heterocycles. The van der Waals surface area contributed by atoms with Crippen LogP contribution in [-0.2, 0) is 11.8 Å². The number of aryl methyl sites for hydroxylation is 1. The molecule has 0 atom stereocenters. The van der Waals surface area contributed by atoms with Crippen molar-refractivity contribution < 1.29 is 9.53 Å². The van der Waals surface area contributed by atoms with Gasteiger partial charge in [-0.25, -0.2) is 0 Å². The highest BCUT2D eigenvalue weighted by Gasteiger charge is 2.24. The van der Waals surface area contributed by atoms with Crippen LogP contribution in [0.5, 0.6) is 0 Å². The third kappa shape index (κ3) is 3.69. The number of morpholine rings is 1. The maximum atomic E-state index is 12.8. The summed E-state index contributed by atoms with van der Waals surface area (Å²) in [6.45, 7) is 4.51. The fraction of sp³-hybridized carbons (Fsp3) is 0.350. The summed E-state index contributed by atoms with van der Waals surface area (Å²) in [6.07, 6.45) is 3.41. The first kappa shape index (κ1) is 18.4. The molecule has 1 fully saturated rings. The van der Waals surface area contributed by atoms with E-state index >= 15 is 0 Å². The van der Waals surface area contributed by atoms with E-state index in [4.69, 9.17) is 4.74 Å². The quantitative estimate of drug-likeness (QED) is 0.705. The molecule has 1 aromatic carbocycles. The standard InChI is InChI=1S/C20H23N5O3/c1-23-13-16(19(26)21-7-8-24-9-11-28-12-10-24)18-17(14-23)20(27)25(22-18)15-5-3-2-4-6-15/h2-6,13-14H,7-12H2,1H3,(H,21,26). The smallest absolute Gasteiger partial charge is 0.282 e. The van der Waals surface area contributed by atoms with Gasteiger partial charge in [-0.05, 0) is 12.1 Å². The van der Waals surface area contributed by atoms with Crippen LogP contribution in [0.1, 0.15) is 10.4 Å². The summed E-state index contributed by atoms with van der Waals surface area (Å²) in [6, 6.07) is 9.20. The average Bonchev–Trinajstić information content (AvgIpc) is 3.05. The van der Waals surface area contributed by atoms with Crippen molar-refractivity contribution in [2.45, 2.75) is 0 Å². The first-order valence-electron chi connectivity index (χ1n) is 9.36. The van der Waals surface area contributed by atoms with Crippen molar-refractivity contribution in [1.82, 2.24) is 24.6 Å². The Morgan fingerprint density at radius 1 is 1.18 bits per heavy atom. The van der Waals surface area contributed by atoms with Gasteiger partial charge in [0.15, 0.2) is 0 Å². The first-order chi connectivity index (χ1) is 13.6. The number of ether oxygens (including phenoxy) is 1. The molecule has 3 aliphatic rings. The van der Waals surface area contributed by atoms with Crippen LogP contribution in [0.25, 0.3) is 16.9 Å². The van der Waals surface area contributed by atoms with E-state index in [2.05, 4.69) is 15.3 Å². The Morgan fingerprint density at radius 2 is 1.93 bits per heavy atom. The lowest BCUT2D eigenvalue weighted by Gasteiger charge is -2.26. The van der Waals surface area contributed by atoms with Gasteiger partial charge in [0.1, 0.15) is 5.69 Å². The molecule has 0 bridgehead atoms. The summed E-state index contributed by atoms with van der Waals surface area (Å²) in [5.74, 6) is -0.229. The van der Waals surface area contributed by atoms with Crippen LogP contribution in [0.3, 0.4) is 0 Å². The number of benzene rings is 1. The molecule has 4 rings (SSSR count). The van der Waals surface area contributed by atoms with Crippen molar-refractivity contribution >= 4 is 5.91 Å². The normalized spacial score (nSPS) is 15.0. The Morgan fingerprint density at radius 3 is 2.68 bits per heavy atom. The van der Waals surface area contributed by atoms with Gasteiger partial charge >= 0.3 is 0 Å². The number of fused-ring (bicyclic) bond motifs is 1. The van der Waals surface area contributed by atoms with Crippen LogP contribution in [0.15, 0.2) is 47.5 Å². The number of nitrogens with zero attached hydrogens (tertiary/aromatic N) is 4. The van der Waals surface area contributed by atoms with Gasteiger partial charge < -0.3 is 14.6 Å². The fourth-order valence-electron chi connectivity index (χ4n) is 3.39. The highest BCUT2D eigenvalue weighted by Crippen LogP contribution is 2.21. The van der Waals surface area contributed by atoms with Gasteiger partial charge in [-0.2, -0.15) is 9.78 Å². The molecule has 0 radical (unpaired) electrons. The van der Waals surface area contributed by atoms with Crippen molar-refractivity contribution in [3.05, 3.63) is 58.6 Å². The van der Waals surface area contributed by atoms with Crippen molar-refractivity contribution in [1.29, 1.82) is 0 Å². The molecule has 0 saturated carbocycles. The zero-order valence-electron chi connectivity index (χ0n) is 15.8. The molecular weight excluding hydrogens is 358 g/mol. The molecule has 0 aliphatic carbocycles. The Kier molecular flexibility index (Phi) is 5.23. The fourth-order valence-corrected chi connectivity index (χ4v) is 3.39. The van der Waals surface area contributed by atoms with Crippen molar-refractivity contribution in [2.75, 3.05) is 39.4 Å². The van der Waals surface area contributed by atoms with Crippen molar-refractivity contribution in [3.8, 4) is 16.9 Å². The lowest BCUT2D eigenvalue weighted by atomic mass is 10.1. The lowest BCUT2D eigenvalue weighted by molar-refractivity contribution is 0.0383. The Labute approximate surface area is 162 Å². The van der Waals surface area contributed by atoms with Crippen LogP contribution in [-0.4, -0.2) is 64.5 Å². The molecule has 0 unspecified atom stereocenters. The highest BCUT2D eigenvalue weighted by atomic mass is 16.5. The molecule has 3 heterocycles. The zero-order valence-corrected chi connectivity index (χ0v) is 15.8. The molecule has 1 amide bonds.